The fourth-order valence-electron chi connectivity index (χ4n) is 3.94. The molecule has 7 nitrogen and oxygen atoms in total. The Labute approximate surface area is 198 Å². The van der Waals surface area contributed by atoms with Crippen LogP contribution < -0.4 is 4.74 Å². The number of aryl methyl sites for hydroxylation is 1. The summed E-state index contributed by atoms with van der Waals surface area (Å²) in [5.41, 5.74) is 3.30. The van der Waals surface area contributed by atoms with E-state index in [1.54, 1.807) is 18.2 Å². The predicted molar refractivity (Wildman–Crippen MR) is 127 cm³/mol. The zero-order chi connectivity index (χ0) is 24.1. The van der Waals surface area contributed by atoms with Crippen molar-refractivity contribution in [3.63, 3.8) is 0 Å². The summed E-state index contributed by atoms with van der Waals surface area (Å²) in [6, 6.07) is 17.7. The highest BCUT2D eigenvalue weighted by atomic mass is 16.5. The summed E-state index contributed by atoms with van der Waals surface area (Å²) in [6.45, 7) is 2.86. The summed E-state index contributed by atoms with van der Waals surface area (Å²) in [5, 5.41) is 11.0. The van der Waals surface area contributed by atoms with Crippen LogP contribution in [0.15, 0.2) is 78.6 Å². The molecule has 4 rings (SSSR count). The van der Waals surface area contributed by atoms with Gasteiger partial charge in [0.25, 0.3) is 11.7 Å². The van der Waals surface area contributed by atoms with E-state index in [1.165, 1.54) is 30.0 Å². The molecular formula is C27H26N2O5. The lowest BCUT2D eigenvalue weighted by atomic mass is 9.95. The standard InChI is InChI=1S/C27H26N2O5/c1-18-6-8-19(9-7-18)17-34-22-5-3-4-21(16-22)24-23(25(30)20-10-12-28-13-11-20)26(31)27(32)29(24)14-15-33-2/h3-13,16,24,30H,14-15,17H2,1-2H3/b25-23-. The molecule has 0 spiro atoms. The molecule has 34 heavy (non-hydrogen) atoms. The molecule has 1 atom stereocenters. The lowest BCUT2D eigenvalue weighted by Gasteiger charge is -2.25. The van der Waals surface area contributed by atoms with Crippen LogP contribution >= 0.6 is 0 Å². The Morgan fingerprint density at radius 3 is 2.50 bits per heavy atom. The predicted octanol–water partition coefficient (Wildman–Crippen LogP) is 4.04. The monoisotopic (exact) mass is 458 g/mol. The van der Waals surface area contributed by atoms with Crippen molar-refractivity contribution in [2.45, 2.75) is 19.6 Å². The summed E-state index contributed by atoms with van der Waals surface area (Å²) >= 11 is 0. The van der Waals surface area contributed by atoms with Gasteiger partial charge in [-0.3, -0.25) is 14.6 Å². The third kappa shape index (κ3) is 4.84. The van der Waals surface area contributed by atoms with Gasteiger partial charge in [-0.25, -0.2) is 0 Å². The molecule has 0 bridgehead atoms. The average Bonchev–Trinajstić information content (AvgIpc) is 3.12. The van der Waals surface area contributed by atoms with Gasteiger partial charge in [-0.15, -0.1) is 0 Å². The first kappa shape index (κ1) is 23.2. The van der Waals surface area contributed by atoms with Crippen LogP contribution in [-0.2, 0) is 20.9 Å². The van der Waals surface area contributed by atoms with E-state index >= 15 is 0 Å². The quantitative estimate of drug-likeness (QED) is 0.311. The summed E-state index contributed by atoms with van der Waals surface area (Å²) in [5.74, 6) is -1.05. The summed E-state index contributed by atoms with van der Waals surface area (Å²) in [4.78, 5) is 31.3. The number of likely N-dealkylation sites (tertiary alicyclic amines) is 1. The number of hydrogen-bond acceptors (Lipinski definition) is 6. The number of methoxy groups -OCH3 is 1. The second-order valence-corrected chi connectivity index (χ2v) is 8.07. The summed E-state index contributed by atoms with van der Waals surface area (Å²) < 4.78 is 11.1. The van der Waals surface area contributed by atoms with Crippen molar-refractivity contribution in [2.75, 3.05) is 20.3 Å². The van der Waals surface area contributed by atoms with Crippen LogP contribution in [-0.4, -0.2) is 46.9 Å². The molecule has 0 radical (unpaired) electrons. The molecule has 2 aromatic carbocycles. The molecule has 1 aromatic heterocycles. The zero-order valence-corrected chi connectivity index (χ0v) is 19.1. The number of aromatic nitrogens is 1. The maximum absolute atomic E-state index is 13.0. The normalized spacial score (nSPS) is 17.2. The molecule has 1 fully saturated rings. The highest BCUT2D eigenvalue weighted by Gasteiger charge is 2.46. The first-order valence-electron chi connectivity index (χ1n) is 11.0. The largest absolute Gasteiger partial charge is 0.507 e. The van der Waals surface area contributed by atoms with E-state index in [-0.39, 0.29) is 24.5 Å². The molecule has 1 N–H and O–H groups in total. The van der Waals surface area contributed by atoms with Crippen molar-refractivity contribution >= 4 is 17.4 Å². The molecule has 3 aromatic rings. The number of Topliss-reactive ketones (excluding diaryl/α,β-unsaturated/α-hetero) is 1. The molecule has 174 valence electrons. The smallest absolute Gasteiger partial charge is 0.295 e. The fourth-order valence-corrected chi connectivity index (χ4v) is 3.94. The maximum atomic E-state index is 13.0. The van der Waals surface area contributed by atoms with Gasteiger partial charge in [0.15, 0.2) is 0 Å². The highest BCUT2D eigenvalue weighted by molar-refractivity contribution is 6.46. The van der Waals surface area contributed by atoms with E-state index in [2.05, 4.69) is 4.98 Å². The van der Waals surface area contributed by atoms with Gasteiger partial charge in [-0.2, -0.15) is 0 Å². The first-order valence-corrected chi connectivity index (χ1v) is 11.0. The molecule has 1 aliphatic heterocycles. The Hall–Kier alpha value is -3.97. The second-order valence-electron chi connectivity index (χ2n) is 8.07. The molecule has 1 unspecified atom stereocenters. The lowest BCUT2D eigenvalue weighted by Crippen LogP contribution is -2.32. The van der Waals surface area contributed by atoms with Gasteiger partial charge in [0, 0.05) is 31.6 Å². The number of carbonyl (C=O) groups is 2. The van der Waals surface area contributed by atoms with Crippen molar-refractivity contribution in [1.82, 2.24) is 9.88 Å². The Balaban J connectivity index is 1.70. The van der Waals surface area contributed by atoms with Gasteiger partial charge in [0.05, 0.1) is 18.2 Å². The van der Waals surface area contributed by atoms with Gasteiger partial charge in [0.2, 0.25) is 0 Å². The number of rotatable bonds is 8. The fraction of sp³-hybridized carbons (Fsp3) is 0.222. The number of aliphatic hydroxyl groups is 1. The zero-order valence-electron chi connectivity index (χ0n) is 19.1. The number of amides is 1. The minimum atomic E-state index is -0.772. The Bertz CT molecular complexity index is 1210. The van der Waals surface area contributed by atoms with E-state index in [0.717, 1.165) is 5.56 Å². The van der Waals surface area contributed by atoms with E-state index in [4.69, 9.17) is 9.47 Å². The molecule has 0 aliphatic carbocycles. The van der Waals surface area contributed by atoms with Crippen molar-refractivity contribution in [3.8, 4) is 5.75 Å². The number of nitrogens with zero attached hydrogens (tertiary/aromatic N) is 2. The van der Waals surface area contributed by atoms with Crippen LogP contribution in [0.3, 0.4) is 0 Å². The minimum absolute atomic E-state index is 0.0305. The molecule has 0 saturated carbocycles. The van der Waals surface area contributed by atoms with Crippen LogP contribution in [0.5, 0.6) is 5.75 Å². The minimum Gasteiger partial charge on any atom is -0.507 e. The average molecular weight is 459 g/mol. The van der Waals surface area contributed by atoms with Crippen molar-refractivity contribution in [1.29, 1.82) is 0 Å². The molecule has 1 aliphatic rings. The van der Waals surface area contributed by atoms with Gasteiger partial charge in [-0.1, -0.05) is 42.0 Å². The molecule has 7 heteroatoms. The summed E-state index contributed by atoms with van der Waals surface area (Å²) in [7, 11) is 1.53. The molecule has 1 amide bonds. The number of ether oxygens (including phenoxy) is 2. The SMILES string of the molecule is COCCN1C(=O)C(=O)/C(=C(\O)c2ccncc2)C1c1cccc(OCc2ccc(C)cc2)c1. The number of hydrogen-bond donors (Lipinski definition) is 1. The van der Waals surface area contributed by atoms with Gasteiger partial charge < -0.3 is 19.5 Å². The van der Waals surface area contributed by atoms with Crippen LogP contribution in [0.1, 0.15) is 28.3 Å². The van der Waals surface area contributed by atoms with Gasteiger partial charge in [-0.05, 0) is 42.3 Å². The van der Waals surface area contributed by atoms with Crippen LogP contribution in [0.4, 0.5) is 0 Å². The van der Waals surface area contributed by atoms with E-state index in [1.807, 2.05) is 49.4 Å². The van der Waals surface area contributed by atoms with Gasteiger partial charge in [0.1, 0.15) is 18.1 Å². The molecule has 1 saturated heterocycles. The Kier molecular flexibility index (Phi) is 7.04. The van der Waals surface area contributed by atoms with Crippen molar-refractivity contribution in [3.05, 3.63) is 101 Å². The molecule has 2 heterocycles. The Morgan fingerprint density at radius 1 is 1.06 bits per heavy atom. The van der Waals surface area contributed by atoms with E-state index in [9.17, 15) is 14.7 Å². The van der Waals surface area contributed by atoms with Crippen LogP contribution in [0.2, 0.25) is 0 Å². The first-order chi connectivity index (χ1) is 16.5. The third-order valence-corrected chi connectivity index (χ3v) is 5.73. The second kappa shape index (κ2) is 10.3. The Morgan fingerprint density at radius 2 is 1.79 bits per heavy atom. The number of pyridine rings is 1. The number of benzene rings is 2. The maximum Gasteiger partial charge on any atom is 0.295 e. The van der Waals surface area contributed by atoms with Crippen LogP contribution in [0.25, 0.3) is 5.76 Å². The van der Waals surface area contributed by atoms with E-state index < -0.39 is 17.7 Å². The number of carbonyl (C=O) groups excluding carboxylic acids is 2. The number of ketones is 1. The van der Waals surface area contributed by atoms with E-state index in [0.29, 0.717) is 23.5 Å². The summed E-state index contributed by atoms with van der Waals surface area (Å²) in [6.07, 6.45) is 3.04. The highest BCUT2D eigenvalue weighted by Crippen LogP contribution is 2.40. The van der Waals surface area contributed by atoms with Gasteiger partial charge >= 0.3 is 0 Å². The topological polar surface area (TPSA) is 89.0 Å². The third-order valence-electron chi connectivity index (χ3n) is 5.73. The molecular weight excluding hydrogens is 432 g/mol. The number of aliphatic hydroxyl groups excluding tert-OH is 1. The van der Waals surface area contributed by atoms with Crippen molar-refractivity contribution in [2.24, 2.45) is 0 Å². The lowest BCUT2D eigenvalue weighted by molar-refractivity contribution is -0.140. The van der Waals surface area contributed by atoms with Crippen LogP contribution in [0, 0.1) is 6.92 Å². The van der Waals surface area contributed by atoms with Crippen molar-refractivity contribution < 1.29 is 24.2 Å².